The van der Waals surface area contributed by atoms with Gasteiger partial charge in [0.1, 0.15) is 11.6 Å². The lowest BCUT2D eigenvalue weighted by molar-refractivity contribution is -0.134. The van der Waals surface area contributed by atoms with Crippen LogP contribution in [-0.4, -0.2) is 29.2 Å². The van der Waals surface area contributed by atoms with E-state index in [9.17, 15) is 14.0 Å². The van der Waals surface area contributed by atoms with Crippen LogP contribution in [0.3, 0.4) is 0 Å². The van der Waals surface area contributed by atoms with Gasteiger partial charge in [0.15, 0.2) is 12.4 Å². The Kier molecular flexibility index (Phi) is 5.66. The van der Waals surface area contributed by atoms with E-state index in [1.807, 2.05) is 13.0 Å². The summed E-state index contributed by atoms with van der Waals surface area (Å²) < 4.78 is 18.9. The highest BCUT2D eigenvalue weighted by atomic mass is 19.1. The molecule has 0 atom stereocenters. The van der Waals surface area contributed by atoms with Crippen LogP contribution in [0.1, 0.15) is 42.1 Å². The van der Waals surface area contributed by atoms with Crippen molar-refractivity contribution in [3.8, 4) is 5.75 Å². The SMILES string of the molecule is CCC(=O)c1ccc(OCC(=O)N(Cc2cccc(F)c2)C2CC2)cc1. The molecule has 26 heavy (non-hydrogen) atoms. The third-order valence-corrected chi connectivity index (χ3v) is 4.41. The van der Waals surface area contributed by atoms with Crippen molar-refractivity contribution in [2.75, 3.05) is 6.61 Å². The third-order valence-electron chi connectivity index (χ3n) is 4.41. The third kappa shape index (κ3) is 4.69. The number of benzene rings is 2. The number of ether oxygens (including phenoxy) is 1. The molecule has 1 saturated carbocycles. The molecule has 1 aliphatic rings. The van der Waals surface area contributed by atoms with Crippen molar-refractivity contribution >= 4 is 11.7 Å². The first-order valence-electron chi connectivity index (χ1n) is 8.87. The minimum Gasteiger partial charge on any atom is -0.484 e. The molecule has 4 nitrogen and oxygen atoms in total. The van der Waals surface area contributed by atoms with Gasteiger partial charge >= 0.3 is 0 Å². The van der Waals surface area contributed by atoms with Crippen LogP contribution in [0.15, 0.2) is 48.5 Å². The Bertz CT molecular complexity index is 784. The van der Waals surface area contributed by atoms with Gasteiger partial charge in [0, 0.05) is 24.6 Å². The fraction of sp³-hybridized carbons (Fsp3) is 0.333. The molecule has 0 unspecified atom stereocenters. The maximum absolute atomic E-state index is 13.4. The molecule has 0 radical (unpaired) electrons. The van der Waals surface area contributed by atoms with Crippen LogP contribution in [0.25, 0.3) is 0 Å². The lowest BCUT2D eigenvalue weighted by Gasteiger charge is -2.22. The van der Waals surface area contributed by atoms with E-state index in [1.54, 1.807) is 35.2 Å². The second-order valence-electron chi connectivity index (χ2n) is 6.47. The van der Waals surface area contributed by atoms with Gasteiger partial charge in [-0.05, 0) is 54.8 Å². The number of Topliss-reactive ketones (excluding diaryl/α,β-unsaturated/α-hetero) is 1. The van der Waals surface area contributed by atoms with E-state index in [2.05, 4.69) is 0 Å². The Hall–Kier alpha value is -2.69. The molecule has 3 rings (SSSR count). The highest BCUT2D eigenvalue weighted by molar-refractivity contribution is 5.95. The summed E-state index contributed by atoms with van der Waals surface area (Å²) in [5.74, 6) is 0.198. The molecule has 0 bridgehead atoms. The van der Waals surface area contributed by atoms with Crippen LogP contribution in [0.4, 0.5) is 4.39 Å². The molecule has 0 saturated heterocycles. The van der Waals surface area contributed by atoms with Gasteiger partial charge in [0.25, 0.3) is 5.91 Å². The Morgan fingerprint density at radius 3 is 2.50 bits per heavy atom. The van der Waals surface area contributed by atoms with Gasteiger partial charge in [0.2, 0.25) is 0 Å². The van der Waals surface area contributed by atoms with Crippen LogP contribution in [0.5, 0.6) is 5.75 Å². The molecule has 5 heteroatoms. The summed E-state index contributed by atoms with van der Waals surface area (Å²) in [7, 11) is 0. The summed E-state index contributed by atoms with van der Waals surface area (Å²) in [4.78, 5) is 25.9. The first kappa shape index (κ1) is 18.1. The fourth-order valence-electron chi connectivity index (χ4n) is 2.81. The topological polar surface area (TPSA) is 46.6 Å². The summed E-state index contributed by atoms with van der Waals surface area (Å²) >= 11 is 0. The van der Waals surface area contributed by atoms with Crippen molar-refractivity contribution in [1.82, 2.24) is 4.90 Å². The number of ketones is 1. The predicted octanol–water partition coefficient (Wildman–Crippen LogP) is 3.99. The molecule has 1 aliphatic carbocycles. The normalized spacial score (nSPS) is 13.3. The van der Waals surface area contributed by atoms with Crippen molar-refractivity contribution in [2.45, 2.75) is 38.8 Å². The molecule has 1 fully saturated rings. The van der Waals surface area contributed by atoms with E-state index in [4.69, 9.17) is 4.74 Å². The molecular formula is C21H22FNO3. The summed E-state index contributed by atoms with van der Waals surface area (Å²) in [5.41, 5.74) is 1.41. The van der Waals surface area contributed by atoms with Gasteiger partial charge in [-0.2, -0.15) is 0 Å². The molecule has 2 aromatic rings. The Morgan fingerprint density at radius 2 is 1.88 bits per heavy atom. The molecule has 0 aromatic heterocycles. The van der Waals surface area contributed by atoms with E-state index < -0.39 is 0 Å². The fourth-order valence-corrected chi connectivity index (χ4v) is 2.81. The average Bonchev–Trinajstić information content (AvgIpc) is 3.49. The van der Waals surface area contributed by atoms with Gasteiger partial charge in [-0.3, -0.25) is 9.59 Å². The number of nitrogens with zero attached hydrogens (tertiary/aromatic N) is 1. The largest absolute Gasteiger partial charge is 0.484 e. The second-order valence-corrected chi connectivity index (χ2v) is 6.47. The van der Waals surface area contributed by atoms with Crippen LogP contribution in [-0.2, 0) is 11.3 Å². The first-order chi connectivity index (χ1) is 12.6. The van der Waals surface area contributed by atoms with Crippen LogP contribution in [0.2, 0.25) is 0 Å². The van der Waals surface area contributed by atoms with Gasteiger partial charge in [0.05, 0.1) is 0 Å². The minimum absolute atomic E-state index is 0.0719. The number of hydrogen-bond donors (Lipinski definition) is 0. The quantitative estimate of drug-likeness (QED) is 0.673. The van der Waals surface area contributed by atoms with Gasteiger partial charge < -0.3 is 9.64 Å². The number of carbonyl (C=O) groups excluding carboxylic acids is 2. The Balaban J connectivity index is 1.59. The highest BCUT2D eigenvalue weighted by Crippen LogP contribution is 2.28. The summed E-state index contributed by atoms with van der Waals surface area (Å²) in [6, 6.07) is 13.3. The molecule has 136 valence electrons. The zero-order valence-corrected chi connectivity index (χ0v) is 14.8. The number of rotatable bonds is 8. The molecule has 0 heterocycles. The number of amides is 1. The van der Waals surface area contributed by atoms with Crippen LogP contribution < -0.4 is 4.74 Å². The van der Waals surface area contributed by atoms with Crippen molar-refractivity contribution in [1.29, 1.82) is 0 Å². The molecule has 1 amide bonds. The molecule has 0 aliphatic heterocycles. The highest BCUT2D eigenvalue weighted by Gasteiger charge is 2.32. The van der Waals surface area contributed by atoms with E-state index in [-0.39, 0.29) is 30.2 Å². The Morgan fingerprint density at radius 1 is 1.15 bits per heavy atom. The zero-order valence-electron chi connectivity index (χ0n) is 14.8. The molecule has 0 N–H and O–H groups in total. The van der Waals surface area contributed by atoms with Crippen molar-refractivity contribution in [3.63, 3.8) is 0 Å². The van der Waals surface area contributed by atoms with E-state index in [1.165, 1.54) is 12.1 Å². The predicted molar refractivity (Wildman–Crippen MR) is 96.5 cm³/mol. The van der Waals surface area contributed by atoms with Gasteiger partial charge in [-0.15, -0.1) is 0 Å². The van der Waals surface area contributed by atoms with Crippen molar-refractivity contribution in [2.24, 2.45) is 0 Å². The average molecular weight is 355 g/mol. The van der Waals surface area contributed by atoms with Crippen molar-refractivity contribution in [3.05, 3.63) is 65.5 Å². The second kappa shape index (κ2) is 8.13. The first-order valence-corrected chi connectivity index (χ1v) is 8.87. The van der Waals surface area contributed by atoms with Gasteiger partial charge in [-0.25, -0.2) is 4.39 Å². The summed E-state index contributed by atoms with van der Waals surface area (Å²) in [6.07, 6.45) is 2.39. The smallest absolute Gasteiger partial charge is 0.261 e. The maximum Gasteiger partial charge on any atom is 0.261 e. The van der Waals surface area contributed by atoms with Crippen LogP contribution in [0, 0.1) is 5.82 Å². The lowest BCUT2D eigenvalue weighted by Crippen LogP contribution is -2.36. The summed E-state index contributed by atoms with van der Waals surface area (Å²) in [5, 5.41) is 0. The minimum atomic E-state index is -0.302. The van der Waals surface area contributed by atoms with E-state index >= 15 is 0 Å². The van der Waals surface area contributed by atoms with Gasteiger partial charge in [-0.1, -0.05) is 19.1 Å². The lowest BCUT2D eigenvalue weighted by atomic mass is 10.1. The van der Waals surface area contributed by atoms with E-state index in [0.29, 0.717) is 24.3 Å². The molecular weight excluding hydrogens is 333 g/mol. The standard InChI is InChI=1S/C21H22FNO3/c1-2-20(24)16-6-10-19(11-7-16)26-14-21(25)23(18-8-9-18)13-15-4-3-5-17(22)12-15/h3-7,10-12,18H,2,8-9,13-14H2,1H3. The number of carbonyl (C=O) groups is 2. The molecule has 0 spiro atoms. The number of halogens is 1. The molecule has 2 aromatic carbocycles. The Labute approximate surface area is 152 Å². The van der Waals surface area contributed by atoms with Crippen LogP contribution >= 0.6 is 0 Å². The zero-order chi connectivity index (χ0) is 18.5. The van der Waals surface area contributed by atoms with Crippen molar-refractivity contribution < 1.29 is 18.7 Å². The van der Waals surface area contributed by atoms with E-state index in [0.717, 1.165) is 18.4 Å². The number of hydrogen-bond acceptors (Lipinski definition) is 3. The monoisotopic (exact) mass is 355 g/mol. The maximum atomic E-state index is 13.4. The summed E-state index contributed by atoms with van der Waals surface area (Å²) in [6.45, 7) is 2.12.